The number of nitrogens with one attached hydrogen (secondary N) is 2. The number of nitrogens with zero attached hydrogens (tertiary/aromatic N) is 1. The molecule has 6 nitrogen and oxygen atoms in total. The molecule has 2 aromatic heterocycles. The molecule has 0 saturated heterocycles. The van der Waals surface area contributed by atoms with E-state index in [9.17, 15) is 4.79 Å². The Morgan fingerprint density at radius 3 is 2.55 bits per heavy atom. The van der Waals surface area contributed by atoms with Gasteiger partial charge in [-0.15, -0.1) is 0 Å². The number of hydrogen-bond donors (Lipinski definition) is 2. The number of hydrogen-bond acceptors (Lipinski definition) is 5. The second-order valence-electron chi connectivity index (χ2n) is 6.77. The Morgan fingerprint density at radius 2 is 1.74 bits per heavy atom. The number of furan rings is 1. The highest BCUT2D eigenvalue weighted by atomic mass is 35.5. The molecule has 0 saturated carbocycles. The van der Waals surface area contributed by atoms with Gasteiger partial charge < -0.3 is 14.2 Å². The van der Waals surface area contributed by atoms with Gasteiger partial charge in [-0.25, -0.2) is 4.98 Å². The minimum atomic E-state index is -0.429. The molecule has 0 aliphatic heterocycles. The third-order valence-corrected chi connectivity index (χ3v) is 5.07. The second kappa shape index (κ2) is 7.86. The molecule has 5 aromatic rings. The Morgan fingerprint density at radius 1 is 0.935 bits per heavy atom. The maximum Gasteiger partial charge on any atom is 0.293 e. The minimum Gasteiger partial charge on any atom is -0.451 e. The van der Waals surface area contributed by atoms with Crippen molar-refractivity contribution in [3.8, 4) is 11.5 Å². The molecule has 8 heteroatoms. The number of oxazole rings is 1. The van der Waals surface area contributed by atoms with E-state index in [0.717, 1.165) is 10.9 Å². The lowest BCUT2D eigenvalue weighted by Crippen LogP contribution is -2.33. The van der Waals surface area contributed by atoms with Crippen LogP contribution in [-0.2, 0) is 0 Å². The Balaban J connectivity index is 1.30. The zero-order chi connectivity index (χ0) is 21.4. The fraction of sp³-hybridized carbons (Fsp3) is 0. The Kier molecular flexibility index (Phi) is 4.89. The summed E-state index contributed by atoms with van der Waals surface area (Å²) in [7, 11) is 0. The molecule has 2 N–H and O–H groups in total. The summed E-state index contributed by atoms with van der Waals surface area (Å²) < 4.78 is 11.4. The van der Waals surface area contributed by atoms with E-state index in [2.05, 4.69) is 15.6 Å². The van der Waals surface area contributed by atoms with E-state index in [1.54, 1.807) is 42.5 Å². The molecular weight excluding hydrogens is 434 g/mol. The summed E-state index contributed by atoms with van der Waals surface area (Å²) in [6.07, 6.45) is 0. The van der Waals surface area contributed by atoms with Crippen LogP contribution in [0, 0.1) is 0 Å². The van der Waals surface area contributed by atoms with Gasteiger partial charge in [0.25, 0.3) is 5.91 Å². The number of halogens is 1. The van der Waals surface area contributed by atoms with Crippen molar-refractivity contribution in [1.29, 1.82) is 0 Å². The first-order chi connectivity index (χ1) is 15.0. The Hall–Kier alpha value is -3.68. The van der Waals surface area contributed by atoms with Crippen LogP contribution in [0.4, 0.5) is 5.69 Å². The van der Waals surface area contributed by atoms with Crippen LogP contribution >= 0.6 is 23.8 Å². The van der Waals surface area contributed by atoms with Crippen LogP contribution in [0.15, 0.2) is 81.6 Å². The van der Waals surface area contributed by atoms with Gasteiger partial charge in [0.1, 0.15) is 11.1 Å². The Bertz CT molecular complexity index is 1410. The molecule has 0 aliphatic carbocycles. The van der Waals surface area contributed by atoms with Crippen molar-refractivity contribution in [3.05, 3.63) is 83.6 Å². The van der Waals surface area contributed by atoms with Crippen LogP contribution in [0.25, 0.3) is 33.5 Å². The summed E-state index contributed by atoms with van der Waals surface area (Å²) in [5.41, 5.74) is 3.41. The molecular formula is C23H14ClN3O3S. The number of fused-ring (bicyclic) bond motifs is 2. The standard InChI is InChI=1S/C23H14ClN3O3S/c24-15-7-5-13(6-8-15)22-26-17-12-16(9-10-19(17)30-22)25-23(31)27-21(28)20-11-14-3-1-2-4-18(14)29-20/h1-12H,(H2,25,27,28,31). The van der Waals surface area contributed by atoms with Gasteiger partial charge in [-0.1, -0.05) is 29.8 Å². The molecule has 0 spiro atoms. The van der Waals surface area contributed by atoms with E-state index in [1.807, 2.05) is 30.3 Å². The van der Waals surface area contributed by atoms with Crippen LogP contribution in [0.5, 0.6) is 0 Å². The van der Waals surface area contributed by atoms with E-state index in [0.29, 0.717) is 33.3 Å². The van der Waals surface area contributed by atoms with Gasteiger partial charge in [-0.3, -0.25) is 10.1 Å². The Labute approximate surface area is 186 Å². The van der Waals surface area contributed by atoms with Crippen molar-refractivity contribution in [2.75, 3.05) is 5.32 Å². The summed E-state index contributed by atoms with van der Waals surface area (Å²) >= 11 is 11.2. The highest BCUT2D eigenvalue weighted by molar-refractivity contribution is 7.80. The largest absolute Gasteiger partial charge is 0.451 e. The van der Waals surface area contributed by atoms with Crippen molar-refractivity contribution in [3.63, 3.8) is 0 Å². The van der Waals surface area contributed by atoms with Crippen molar-refractivity contribution in [1.82, 2.24) is 10.3 Å². The smallest absolute Gasteiger partial charge is 0.293 e. The highest BCUT2D eigenvalue weighted by Gasteiger charge is 2.14. The van der Waals surface area contributed by atoms with Crippen LogP contribution in [-0.4, -0.2) is 16.0 Å². The predicted molar refractivity (Wildman–Crippen MR) is 124 cm³/mol. The molecule has 2 heterocycles. The number of carbonyl (C=O) groups is 1. The van der Waals surface area contributed by atoms with Crippen molar-refractivity contribution >= 4 is 62.6 Å². The van der Waals surface area contributed by atoms with Crippen LogP contribution in [0.1, 0.15) is 10.6 Å². The molecule has 0 fully saturated rings. The third-order valence-electron chi connectivity index (χ3n) is 4.61. The normalized spacial score (nSPS) is 11.0. The summed E-state index contributed by atoms with van der Waals surface area (Å²) in [6, 6.07) is 21.7. The number of aromatic nitrogens is 1. The van der Waals surface area contributed by atoms with Gasteiger partial charge in [0.05, 0.1) is 0 Å². The van der Waals surface area contributed by atoms with Gasteiger partial charge in [-0.2, -0.15) is 0 Å². The quantitative estimate of drug-likeness (QED) is 0.329. The average Bonchev–Trinajstić information content (AvgIpc) is 3.38. The number of anilines is 1. The number of rotatable bonds is 3. The molecule has 5 rings (SSSR count). The van der Waals surface area contributed by atoms with E-state index >= 15 is 0 Å². The fourth-order valence-electron chi connectivity index (χ4n) is 3.14. The molecule has 152 valence electrons. The molecule has 3 aromatic carbocycles. The molecule has 0 bridgehead atoms. The zero-order valence-electron chi connectivity index (χ0n) is 15.9. The monoisotopic (exact) mass is 447 g/mol. The van der Waals surface area contributed by atoms with Crippen molar-refractivity contribution in [2.24, 2.45) is 0 Å². The lowest BCUT2D eigenvalue weighted by Gasteiger charge is -2.08. The molecule has 31 heavy (non-hydrogen) atoms. The van der Waals surface area contributed by atoms with Crippen molar-refractivity contribution < 1.29 is 13.6 Å². The maximum atomic E-state index is 12.4. The average molecular weight is 448 g/mol. The summed E-state index contributed by atoms with van der Waals surface area (Å²) in [5.74, 6) is 0.246. The number of benzene rings is 3. The zero-order valence-corrected chi connectivity index (χ0v) is 17.5. The number of carbonyl (C=O) groups excluding carboxylic acids is 1. The second-order valence-corrected chi connectivity index (χ2v) is 7.61. The van der Waals surface area contributed by atoms with Gasteiger partial charge in [0.15, 0.2) is 16.5 Å². The lowest BCUT2D eigenvalue weighted by atomic mass is 10.2. The number of thiocarbonyl (C=S) groups is 1. The van der Waals surface area contributed by atoms with E-state index in [-0.39, 0.29) is 10.9 Å². The maximum absolute atomic E-state index is 12.4. The van der Waals surface area contributed by atoms with Gasteiger partial charge >= 0.3 is 0 Å². The third kappa shape index (κ3) is 4.01. The fourth-order valence-corrected chi connectivity index (χ4v) is 3.48. The van der Waals surface area contributed by atoms with E-state index in [4.69, 9.17) is 32.7 Å². The first-order valence-corrected chi connectivity index (χ1v) is 10.1. The lowest BCUT2D eigenvalue weighted by molar-refractivity contribution is 0.0953. The molecule has 0 atom stereocenters. The first-order valence-electron chi connectivity index (χ1n) is 9.33. The van der Waals surface area contributed by atoms with Gasteiger partial charge in [0.2, 0.25) is 5.89 Å². The molecule has 1 amide bonds. The number of amides is 1. The van der Waals surface area contributed by atoms with Crippen LogP contribution in [0.2, 0.25) is 5.02 Å². The van der Waals surface area contributed by atoms with E-state index in [1.165, 1.54) is 0 Å². The van der Waals surface area contributed by atoms with Gasteiger partial charge in [-0.05, 0) is 66.8 Å². The summed E-state index contributed by atoms with van der Waals surface area (Å²) in [5, 5.41) is 7.24. The van der Waals surface area contributed by atoms with Crippen molar-refractivity contribution in [2.45, 2.75) is 0 Å². The SMILES string of the molecule is O=C(NC(=S)Nc1ccc2oc(-c3ccc(Cl)cc3)nc2c1)c1cc2ccccc2o1. The topological polar surface area (TPSA) is 80.3 Å². The molecule has 0 unspecified atom stereocenters. The van der Waals surface area contributed by atoms with Crippen LogP contribution < -0.4 is 10.6 Å². The predicted octanol–water partition coefficient (Wildman–Crippen LogP) is 6.02. The molecule has 0 radical (unpaired) electrons. The summed E-state index contributed by atoms with van der Waals surface area (Å²) in [4.78, 5) is 17.0. The highest BCUT2D eigenvalue weighted by Crippen LogP contribution is 2.27. The van der Waals surface area contributed by atoms with E-state index < -0.39 is 5.91 Å². The van der Waals surface area contributed by atoms with Gasteiger partial charge in [0, 0.05) is 21.7 Å². The molecule has 0 aliphatic rings. The van der Waals surface area contributed by atoms with Crippen LogP contribution in [0.3, 0.4) is 0 Å². The minimum absolute atomic E-state index is 0.145. The first kappa shape index (κ1) is 19.3. The number of para-hydroxylation sites is 1. The summed E-state index contributed by atoms with van der Waals surface area (Å²) in [6.45, 7) is 0.